The number of ether oxygens (including phenoxy) is 4. The summed E-state index contributed by atoms with van der Waals surface area (Å²) < 4.78 is 27.2. The number of hydrogen-bond donors (Lipinski definition) is 0. The Labute approximate surface area is 247 Å². The Kier molecular flexibility index (Phi) is 11.0. The van der Waals surface area contributed by atoms with Crippen molar-refractivity contribution in [2.45, 2.75) is 49.2 Å². The molecule has 0 N–H and O–H groups in total. The van der Waals surface area contributed by atoms with E-state index in [0.29, 0.717) is 26.4 Å². The third kappa shape index (κ3) is 8.52. The number of benzene rings is 4. The summed E-state index contributed by atoms with van der Waals surface area (Å²) in [5.74, 6) is 0. The Balaban J connectivity index is 1.43. The third-order valence-corrected chi connectivity index (χ3v) is 9.21. The maximum absolute atomic E-state index is 9.62. The van der Waals surface area contributed by atoms with Gasteiger partial charge in [0.15, 0.2) is 0 Å². The van der Waals surface area contributed by atoms with E-state index < -0.39 is 24.4 Å². The van der Waals surface area contributed by atoms with Gasteiger partial charge in [0.05, 0.1) is 0 Å². The zero-order valence-corrected chi connectivity index (χ0v) is 24.4. The van der Waals surface area contributed by atoms with E-state index in [0.717, 1.165) is 21.2 Å². The molecular weight excluding hydrogens is 581 g/mol. The minimum atomic E-state index is -0.574. The molecule has 5 rings (SSSR count). The van der Waals surface area contributed by atoms with Crippen molar-refractivity contribution >= 4 is 19.4 Å². The van der Waals surface area contributed by atoms with Crippen molar-refractivity contribution in [1.82, 2.24) is 0 Å². The molecule has 8 heteroatoms. The quantitative estimate of drug-likeness (QED) is 0.0824. The Morgan fingerprint density at radius 3 is 1.68 bits per heavy atom. The van der Waals surface area contributed by atoms with Crippen molar-refractivity contribution in [3.05, 3.63) is 148 Å². The monoisotopic (exact) mass is 615 g/mol. The normalized spacial score (nSPS) is 22.1. The number of rotatable bonds is 13. The minimum absolute atomic E-state index is 0.142. The summed E-state index contributed by atoms with van der Waals surface area (Å²) in [5.41, 5.74) is 12.8. The van der Waals surface area contributed by atoms with Gasteiger partial charge in [0.2, 0.25) is 0 Å². The Morgan fingerprint density at radius 1 is 0.659 bits per heavy atom. The molecule has 0 amide bonds. The number of nitrogens with zero attached hydrogens (tertiary/aromatic N) is 3. The van der Waals surface area contributed by atoms with E-state index >= 15 is 0 Å². The molecule has 1 heterocycles. The van der Waals surface area contributed by atoms with Crippen molar-refractivity contribution < 1.29 is 18.9 Å². The first-order valence-corrected chi connectivity index (χ1v) is 15.5. The molecule has 1 aliphatic heterocycles. The van der Waals surface area contributed by atoms with Gasteiger partial charge in [0, 0.05) is 0 Å². The Bertz CT molecular complexity index is 1360. The van der Waals surface area contributed by atoms with Crippen LogP contribution in [-0.2, 0) is 38.8 Å². The van der Waals surface area contributed by atoms with Crippen LogP contribution >= 0.6 is 0 Å². The van der Waals surface area contributed by atoms with Crippen molar-refractivity contribution in [3.8, 4) is 0 Å². The fraction of sp³-hybridized carbons (Fsp3) is 0.273. The van der Waals surface area contributed by atoms with Crippen LogP contribution in [0.4, 0.5) is 0 Å². The molecule has 0 unspecified atom stereocenters. The van der Waals surface area contributed by atoms with Gasteiger partial charge >= 0.3 is 248 Å². The van der Waals surface area contributed by atoms with E-state index in [2.05, 4.69) is 22.2 Å². The summed E-state index contributed by atoms with van der Waals surface area (Å²) in [6.07, 6.45) is -1.48. The molecule has 0 saturated carbocycles. The summed E-state index contributed by atoms with van der Waals surface area (Å²) in [6, 6.07) is 39.6. The fourth-order valence-corrected chi connectivity index (χ4v) is 7.10. The first-order chi connectivity index (χ1) is 20.3. The molecule has 5 atom stereocenters. The molecule has 7 nitrogen and oxygen atoms in total. The van der Waals surface area contributed by atoms with Crippen LogP contribution in [0.3, 0.4) is 0 Å². The van der Waals surface area contributed by atoms with Crippen molar-refractivity contribution in [1.29, 1.82) is 0 Å². The molecular formula is C33H33N3O4Se. The number of azide groups is 1. The molecule has 0 aromatic heterocycles. The van der Waals surface area contributed by atoms with Gasteiger partial charge in [-0.2, -0.15) is 0 Å². The first kappa shape index (κ1) is 29.1. The SMILES string of the molecule is [N-]=[N+]=N[C@H]1[C@@H](OCc2ccccc2)[C@H](OCc2ccccc2)[C@@H](COCc2ccccc2)O[C@@H]1[Se]c1ccccc1. The van der Waals surface area contributed by atoms with Gasteiger partial charge < -0.3 is 0 Å². The predicted octanol–water partition coefficient (Wildman–Crippen LogP) is 5.81. The molecule has 0 spiro atoms. The van der Waals surface area contributed by atoms with Gasteiger partial charge in [-0.1, -0.05) is 0 Å². The van der Waals surface area contributed by atoms with Gasteiger partial charge in [0.1, 0.15) is 0 Å². The van der Waals surface area contributed by atoms with Crippen molar-refractivity contribution in [2.75, 3.05) is 6.61 Å². The summed E-state index contributed by atoms with van der Waals surface area (Å²) in [6.45, 7) is 1.49. The van der Waals surface area contributed by atoms with Gasteiger partial charge in [-0.25, -0.2) is 0 Å². The van der Waals surface area contributed by atoms with Crippen LogP contribution in [0, 0.1) is 0 Å². The van der Waals surface area contributed by atoms with Crippen LogP contribution in [0.1, 0.15) is 16.7 Å². The zero-order valence-electron chi connectivity index (χ0n) is 22.6. The van der Waals surface area contributed by atoms with Crippen LogP contribution in [0.15, 0.2) is 126 Å². The van der Waals surface area contributed by atoms with Crippen molar-refractivity contribution in [3.63, 3.8) is 0 Å². The second kappa shape index (κ2) is 15.5. The Morgan fingerprint density at radius 2 is 1.15 bits per heavy atom. The van der Waals surface area contributed by atoms with E-state index in [1.807, 2.05) is 109 Å². The Hall–Kier alpha value is -3.45. The summed E-state index contributed by atoms with van der Waals surface area (Å²) in [5, 5.41) is 3.89. The van der Waals surface area contributed by atoms with Crippen LogP contribution in [0.2, 0.25) is 0 Å². The molecule has 1 aliphatic rings. The van der Waals surface area contributed by atoms with E-state index in [9.17, 15) is 5.53 Å². The molecule has 4 aromatic carbocycles. The molecule has 1 saturated heterocycles. The predicted molar refractivity (Wildman–Crippen MR) is 160 cm³/mol. The van der Waals surface area contributed by atoms with E-state index in [-0.39, 0.29) is 20.0 Å². The topological polar surface area (TPSA) is 85.7 Å². The van der Waals surface area contributed by atoms with E-state index in [1.54, 1.807) is 0 Å². The van der Waals surface area contributed by atoms with Crippen molar-refractivity contribution in [2.24, 2.45) is 5.11 Å². The molecule has 4 aromatic rings. The van der Waals surface area contributed by atoms with E-state index in [1.165, 1.54) is 0 Å². The maximum atomic E-state index is 9.62. The molecule has 1 fully saturated rings. The molecule has 210 valence electrons. The van der Waals surface area contributed by atoms with Gasteiger partial charge in [-0.05, 0) is 0 Å². The van der Waals surface area contributed by atoms with Crippen LogP contribution in [-0.4, -0.2) is 50.9 Å². The van der Waals surface area contributed by atoms with Gasteiger partial charge in [-0.15, -0.1) is 0 Å². The standard InChI is InChI=1S/C33H33N3O4Se/c34-36-35-30-32(39-23-27-17-9-3-10-18-27)31(38-22-26-15-7-2-8-16-26)29(24-37-21-25-13-5-1-6-14-25)40-33(30)41-28-19-11-4-12-20-28/h1-20,29-33H,21-24H2/t29-,30+,31-,32-,33-/m1/s1. The van der Waals surface area contributed by atoms with Crippen LogP contribution in [0.25, 0.3) is 10.4 Å². The first-order valence-electron chi connectivity index (χ1n) is 13.6. The molecule has 0 aliphatic carbocycles. The summed E-state index contributed by atoms with van der Waals surface area (Å²) in [7, 11) is 0. The third-order valence-electron chi connectivity index (χ3n) is 6.76. The van der Waals surface area contributed by atoms with Crippen LogP contribution < -0.4 is 4.46 Å². The second-order valence-corrected chi connectivity index (χ2v) is 12.2. The molecule has 0 bridgehead atoms. The second-order valence-electron chi connectivity index (χ2n) is 9.69. The fourth-order valence-electron chi connectivity index (χ4n) is 4.73. The van der Waals surface area contributed by atoms with Gasteiger partial charge in [0.25, 0.3) is 0 Å². The van der Waals surface area contributed by atoms with Gasteiger partial charge in [-0.3, -0.25) is 0 Å². The summed E-state index contributed by atoms with van der Waals surface area (Å²) in [4.78, 5) is 3.22. The number of hydrogen-bond acceptors (Lipinski definition) is 5. The average Bonchev–Trinajstić information content (AvgIpc) is 3.03. The zero-order chi connectivity index (χ0) is 28.1. The van der Waals surface area contributed by atoms with Crippen LogP contribution in [0.5, 0.6) is 0 Å². The molecule has 0 radical (unpaired) electrons. The molecule has 41 heavy (non-hydrogen) atoms. The van der Waals surface area contributed by atoms with E-state index in [4.69, 9.17) is 18.9 Å². The summed E-state index contributed by atoms with van der Waals surface area (Å²) >= 11 is -0.142. The average molecular weight is 615 g/mol.